The maximum atomic E-state index is 10.00. The lowest BCUT2D eigenvalue weighted by Gasteiger charge is -2.42. The Morgan fingerprint density at radius 1 is 1.04 bits per heavy atom. The van der Waals surface area contributed by atoms with Gasteiger partial charge in [-0.05, 0) is 18.8 Å². The highest BCUT2D eigenvalue weighted by Gasteiger charge is 2.35. The van der Waals surface area contributed by atoms with Crippen molar-refractivity contribution >= 4 is 0 Å². The van der Waals surface area contributed by atoms with Crippen molar-refractivity contribution in [3.8, 4) is 17.2 Å². The Labute approximate surface area is 144 Å². The van der Waals surface area contributed by atoms with Crippen LogP contribution in [0.15, 0.2) is 12.1 Å². The average Bonchev–Trinajstić information content (AvgIpc) is 2.64. The van der Waals surface area contributed by atoms with Gasteiger partial charge in [-0.2, -0.15) is 0 Å². The average molecular weight is 334 g/mol. The fraction of sp³-hybridized carbons (Fsp3) is 0.684. The minimum absolute atomic E-state index is 0.190. The second-order valence-corrected chi connectivity index (χ2v) is 6.89. The Morgan fingerprint density at radius 3 is 2.17 bits per heavy atom. The molecule has 134 valence electrons. The van der Waals surface area contributed by atoms with Gasteiger partial charge in [0.2, 0.25) is 0 Å². The van der Waals surface area contributed by atoms with E-state index in [2.05, 4.69) is 10.2 Å². The summed E-state index contributed by atoms with van der Waals surface area (Å²) in [6.45, 7) is 4.11. The molecular formula is C19H30N2O3. The lowest BCUT2D eigenvalue weighted by Crippen LogP contribution is -2.47. The fourth-order valence-electron chi connectivity index (χ4n) is 4.34. The van der Waals surface area contributed by atoms with Crippen LogP contribution in [0.4, 0.5) is 0 Å². The van der Waals surface area contributed by atoms with Gasteiger partial charge in [0.15, 0.2) is 0 Å². The zero-order valence-electron chi connectivity index (χ0n) is 14.9. The molecule has 3 rings (SSSR count). The van der Waals surface area contributed by atoms with Crippen molar-refractivity contribution in [2.75, 3.05) is 40.4 Å². The second-order valence-electron chi connectivity index (χ2n) is 6.89. The van der Waals surface area contributed by atoms with Gasteiger partial charge in [0, 0.05) is 44.4 Å². The monoisotopic (exact) mass is 334 g/mol. The number of aromatic hydroxyl groups is 1. The number of methoxy groups -OCH3 is 2. The molecule has 1 atom stereocenters. The van der Waals surface area contributed by atoms with Crippen LogP contribution in [0, 0.1) is 5.92 Å². The summed E-state index contributed by atoms with van der Waals surface area (Å²) in [6, 6.07) is 3.73. The van der Waals surface area contributed by atoms with Gasteiger partial charge in [0.05, 0.1) is 19.8 Å². The molecular weight excluding hydrogens is 304 g/mol. The van der Waals surface area contributed by atoms with Crippen molar-refractivity contribution < 1.29 is 14.6 Å². The maximum Gasteiger partial charge on any atom is 0.131 e. The van der Waals surface area contributed by atoms with Gasteiger partial charge in [-0.25, -0.2) is 0 Å². The molecule has 1 heterocycles. The van der Waals surface area contributed by atoms with Crippen molar-refractivity contribution in [3.05, 3.63) is 17.7 Å². The van der Waals surface area contributed by atoms with Crippen LogP contribution in [0.5, 0.6) is 17.2 Å². The molecule has 1 aromatic carbocycles. The Balaban J connectivity index is 2.03. The molecule has 2 N–H and O–H groups in total. The Hall–Kier alpha value is -1.46. The van der Waals surface area contributed by atoms with E-state index in [1.165, 1.54) is 32.1 Å². The fourth-order valence-corrected chi connectivity index (χ4v) is 4.34. The number of phenolic OH excluding ortho intramolecular Hbond substituents is 1. The highest BCUT2D eigenvalue weighted by atomic mass is 16.5. The third kappa shape index (κ3) is 3.62. The lowest BCUT2D eigenvalue weighted by atomic mass is 9.79. The molecule has 1 aliphatic heterocycles. The van der Waals surface area contributed by atoms with Crippen molar-refractivity contribution in [1.82, 2.24) is 10.2 Å². The molecule has 1 saturated heterocycles. The predicted octanol–water partition coefficient (Wildman–Crippen LogP) is 2.94. The number of phenols is 1. The van der Waals surface area contributed by atoms with Crippen LogP contribution in [0.2, 0.25) is 0 Å². The highest BCUT2D eigenvalue weighted by molar-refractivity contribution is 5.52. The van der Waals surface area contributed by atoms with Crippen molar-refractivity contribution in [3.63, 3.8) is 0 Å². The summed E-state index contributed by atoms with van der Waals surface area (Å²) in [4.78, 5) is 2.57. The molecule has 5 heteroatoms. The minimum atomic E-state index is 0.190. The smallest absolute Gasteiger partial charge is 0.131 e. The first-order valence-corrected chi connectivity index (χ1v) is 9.14. The van der Waals surface area contributed by atoms with E-state index in [4.69, 9.17) is 9.47 Å². The van der Waals surface area contributed by atoms with E-state index < -0.39 is 0 Å². The molecule has 1 aliphatic carbocycles. The van der Waals surface area contributed by atoms with Crippen LogP contribution >= 0.6 is 0 Å². The van der Waals surface area contributed by atoms with Gasteiger partial charge in [-0.15, -0.1) is 0 Å². The van der Waals surface area contributed by atoms with Crippen molar-refractivity contribution in [2.24, 2.45) is 5.92 Å². The molecule has 2 fully saturated rings. The van der Waals surface area contributed by atoms with Gasteiger partial charge < -0.3 is 19.9 Å². The van der Waals surface area contributed by atoms with Gasteiger partial charge in [0.1, 0.15) is 17.2 Å². The number of rotatable bonds is 5. The van der Waals surface area contributed by atoms with Crippen LogP contribution in [-0.4, -0.2) is 50.4 Å². The summed E-state index contributed by atoms with van der Waals surface area (Å²) >= 11 is 0. The third-order valence-electron chi connectivity index (χ3n) is 5.47. The molecule has 0 spiro atoms. The zero-order chi connectivity index (χ0) is 16.9. The largest absolute Gasteiger partial charge is 0.508 e. The van der Waals surface area contributed by atoms with Gasteiger partial charge in [-0.3, -0.25) is 4.90 Å². The van der Waals surface area contributed by atoms with Gasteiger partial charge in [-0.1, -0.05) is 19.3 Å². The summed E-state index contributed by atoms with van der Waals surface area (Å²) in [7, 11) is 3.35. The molecule has 0 aromatic heterocycles. The number of nitrogens with zero attached hydrogens (tertiary/aromatic N) is 1. The summed E-state index contributed by atoms with van der Waals surface area (Å²) in [5.41, 5.74) is 1.10. The zero-order valence-corrected chi connectivity index (χ0v) is 14.9. The van der Waals surface area contributed by atoms with Crippen LogP contribution in [0.3, 0.4) is 0 Å². The van der Waals surface area contributed by atoms with Crippen LogP contribution in [0.25, 0.3) is 0 Å². The topological polar surface area (TPSA) is 54.0 Å². The van der Waals surface area contributed by atoms with E-state index in [1.807, 2.05) is 0 Å². The standard InChI is InChI=1S/C19H30N2O3/c1-23-16-12-15(22)13-17(24-2)18(16)19(14-6-4-3-5-7-14)21-10-8-20-9-11-21/h12-14,19-20,22H,3-11H2,1-2H3/t19-/m1/s1. The Morgan fingerprint density at radius 2 is 1.62 bits per heavy atom. The molecule has 0 bridgehead atoms. The number of benzene rings is 1. The molecule has 24 heavy (non-hydrogen) atoms. The molecule has 1 aromatic rings. The maximum absolute atomic E-state index is 10.00. The number of hydrogen-bond donors (Lipinski definition) is 2. The molecule has 1 saturated carbocycles. The first-order valence-electron chi connectivity index (χ1n) is 9.14. The summed E-state index contributed by atoms with van der Waals surface area (Å²) in [6.07, 6.45) is 6.45. The number of hydrogen-bond acceptors (Lipinski definition) is 5. The predicted molar refractivity (Wildman–Crippen MR) is 95.0 cm³/mol. The molecule has 2 aliphatic rings. The van der Waals surface area contributed by atoms with E-state index in [0.29, 0.717) is 5.92 Å². The normalized spacial score (nSPS) is 21.4. The van der Waals surface area contributed by atoms with Crippen LogP contribution in [-0.2, 0) is 0 Å². The minimum Gasteiger partial charge on any atom is -0.508 e. The molecule has 0 radical (unpaired) electrons. The summed E-state index contributed by atoms with van der Waals surface area (Å²) in [5, 5.41) is 13.4. The second kappa shape index (κ2) is 8.08. The van der Waals surface area contributed by atoms with Crippen molar-refractivity contribution in [2.45, 2.75) is 38.1 Å². The first-order chi connectivity index (χ1) is 11.7. The molecule has 5 nitrogen and oxygen atoms in total. The number of nitrogens with one attached hydrogen (secondary N) is 1. The van der Waals surface area contributed by atoms with Gasteiger partial charge >= 0.3 is 0 Å². The van der Waals surface area contributed by atoms with E-state index in [1.54, 1.807) is 26.4 Å². The number of piperazine rings is 1. The molecule has 0 unspecified atom stereocenters. The van der Waals surface area contributed by atoms with E-state index in [0.717, 1.165) is 43.2 Å². The Bertz CT molecular complexity index is 494. The third-order valence-corrected chi connectivity index (χ3v) is 5.47. The quantitative estimate of drug-likeness (QED) is 0.867. The van der Waals surface area contributed by atoms with E-state index in [9.17, 15) is 5.11 Å². The van der Waals surface area contributed by atoms with Crippen LogP contribution < -0.4 is 14.8 Å². The first kappa shape index (κ1) is 17.4. The number of ether oxygens (including phenoxy) is 2. The van der Waals surface area contributed by atoms with Crippen molar-refractivity contribution in [1.29, 1.82) is 0 Å². The lowest BCUT2D eigenvalue weighted by molar-refractivity contribution is 0.0989. The Kier molecular flexibility index (Phi) is 5.85. The van der Waals surface area contributed by atoms with Gasteiger partial charge in [0.25, 0.3) is 0 Å². The summed E-state index contributed by atoms with van der Waals surface area (Å²) in [5.74, 6) is 2.28. The van der Waals surface area contributed by atoms with E-state index >= 15 is 0 Å². The highest BCUT2D eigenvalue weighted by Crippen LogP contribution is 2.47. The van der Waals surface area contributed by atoms with Crippen LogP contribution in [0.1, 0.15) is 43.7 Å². The molecule has 0 amide bonds. The summed E-state index contributed by atoms with van der Waals surface area (Å²) < 4.78 is 11.3. The SMILES string of the molecule is COc1cc(O)cc(OC)c1[C@@H](C1CCCCC1)N1CCNCC1. The van der Waals surface area contributed by atoms with E-state index in [-0.39, 0.29) is 11.8 Å².